The van der Waals surface area contributed by atoms with Gasteiger partial charge in [0, 0.05) is 12.1 Å². The average Bonchev–Trinajstić information content (AvgIpc) is 3.40. The van der Waals surface area contributed by atoms with Gasteiger partial charge in [-0.25, -0.2) is 0 Å². The highest BCUT2D eigenvalue weighted by atomic mass is 32.2. The molecule has 0 atom stereocenters. The summed E-state index contributed by atoms with van der Waals surface area (Å²) in [6.07, 6.45) is 4.69. The molecule has 1 amide bonds. The van der Waals surface area contributed by atoms with Gasteiger partial charge in [-0.3, -0.25) is 19.8 Å². The van der Waals surface area contributed by atoms with Crippen molar-refractivity contribution in [1.29, 1.82) is 0 Å². The van der Waals surface area contributed by atoms with E-state index in [4.69, 9.17) is 4.42 Å². The molecule has 0 spiro atoms. The van der Waals surface area contributed by atoms with Gasteiger partial charge in [-0.15, -0.1) is 5.10 Å². The van der Waals surface area contributed by atoms with Crippen molar-refractivity contribution in [2.45, 2.75) is 6.54 Å². The van der Waals surface area contributed by atoms with E-state index in [0.717, 1.165) is 17.3 Å². The topological polar surface area (TPSA) is 122 Å². The molecule has 0 unspecified atom stereocenters. The number of furan rings is 1. The minimum absolute atomic E-state index is 0.0252. The van der Waals surface area contributed by atoms with Crippen LogP contribution >= 0.6 is 11.8 Å². The number of benzene rings is 2. The molecule has 4 rings (SSSR count). The Hall–Kier alpha value is -4.18. The molecule has 3 aromatic rings. The summed E-state index contributed by atoms with van der Waals surface area (Å²) >= 11 is 1.15. The molecule has 160 valence electrons. The number of nitro groups is 1. The number of thioether (sulfide) groups is 1. The first-order chi connectivity index (χ1) is 15.5. The van der Waals surface area contributed by atoms with Crippen molar-refractivity contribution < 1.29 is 19.2 Å². The van der Waals surface area contributed by atoms with Gasteiger partial charge in [0.25, 0.3) is 11.6 Å². The summed E-state index contributed by atoms with van der Waals surface area (Å²) in [4.78, 5) is 25.2. The minimum atomic E-state index is -0.478. The van der Waals surface area contributed by atoms with Crippen molar-refractivity contribution in [3.63, 3.8) is 0 Å². The molecular weight excluding hydrogens is 432 g/mol. The quantitative estimate of drug-likeness (QED) is 0.258. The second-order valence-corrected chi connectivity index (χ2v) is 7.66. The van der Waals surface area contributed by atoms with Gasteiger partial charge in [-0.1, -0.05) is 0 Å². The van der Waals surface area contributed by atoms with Crippen molar-refractivity contribution in [1.82, 2.24) is 4.90 Å². The van der Waals surface area contributed by atoms with Crippen molar-refractivity contribution in [2.24, 2.45) is 10.2 Å². The van der Waals surface area contributed by atoms with E-state index in [1.807, 2.05) is 0 Å². The van der Waals surface area contributed by atoms with Crippen LogP contribution in [-0.2, 0) is 11.3 Å². The van der Waals surface area contributed by atoms with Crippen molar-refractivity contribution in [3.8, 4) is 5.75 Å². The highest BCUT2D eigenvalue weighted by Gasteiger charge is 2.34. The van der Waals surface area contributed by atoms with Gasteiger partial charge in [0.15, 0.2) is 5.17 Å². The first-order valence-electron chi connectivity index (χ1n) is 9.38. The van der Waals surface area contributed by atoms with Crippen LogP contribution in [0.15, 0.2) is 86.5 Å². The minimum Gasteiger partial charge on any atom is -0.508 e. The van der Waals surface area contributed by atoms with Crippen molar-refractivity contribution in [3.05, 3.63) is 98.8 Å². The smallest absolute Gasteiger partial charge is 0.269 e. The van der Waals surface area contributed by atoms with Gasteiger partial charge in [0.1, 0.15) is 11.5 Å². The number of phenolic OH excluding ortho intramolecular Hbond substituents is 1. The second kappa shape index (κ2) is 9.31. The zero-order chi connectivity index (χ0) is 22.5. The molecule has 1 fully saturated rings. The Morgan fingerprint density at radius 3 is 2.47 bits per heavy atom. The van der Waals surface area contributed by atoms with E-state index < -0.39 is 4.92 Å². The number of phenols is 1. The lowest BCUT2D eigenvalue weighted by atomic mass is 10.2. The predicted octanol–water partition coefficient (Wildman–Crippen LogP) is 4.40. The predicted molar refractivity (Wildman–Crippen MR) is 121 cm³/mol. The number of aromatic hydroxyl groups is 1. The van der Waals surface area contributed by atoms with Gasteiger partial charge in [0.2, 0.25) is 0 Å². The Morgan fingerprint density at radius 1 is 1.09 bits per heavy atom. The molecule has 1 aliphatic heterocycles. The van der Waals surface area contributed by atoms with Crippen LogP contribution in [0.4, 0.5) is 5.69 Å². The van der Waals surface area contributed by atoms with Crippen LogP contribution in [0.5, 0.6) is 5.75 Å². The SMILES string of the molecule is O=C1/C(=C/c2ccc([N+](=O)[O-])cc2)S/C(=N/N=C\c2ccc(O)cc2)N1Cc1ccco1. The van der Waals surface area contributed by atoms with E-state index in [0.29, 0.717) is 21.4 Å². The Bertz CT molecular complexity index is 1220. The summed E-state index contributed by atoms with van der Waals surface area (Å²) in [5.41, 5.74) is 1.36. The van der Waals surface area contributed by atoms with Gasteiger partial charge in [-0.2, -0.15) is 5.10 Å². The third-order valence-electron chi connectivity index (χ3n) is 4.43. The van der Waals surface area contributed by atoms with Crippen molar-refractivity contribution in [2.75, 3.05) is 0 Å². The Balaban J connectivity index is 1.60. The monoisotopic (exact) mass is 448 g/mol. The molecule has 1 N–H and O–H groups in total. The van der Waals surface area contributed by atoms with Crippen LogP contribution in [0.25, 0.3) is 6.08 Å². The average molecular weight is 448 g/mol. The molecule has 1 saturated heterocycles. The molecule has 1 aromatic heterocycles. The van der Waals surface area contributed by atoms with E-state index in [-0.39, 0.29) is 23.9 Å². The van der Waals surface area contributed by atoms with Crippen LogP contribution in [0.2, 0.25) is 0 Å². The van der Waals surface area contributed by atoms with E-state index in [1.54, 1.807) is 42.5 Å². The third-order valence-corrected chi connectivity index (χ3v) is 5.42. The number of non-ortho nitro benzene ring substituents is 1. The fraction of sp³-hybridized carbons (Fsp3) is 0.0455. The highest BCUT2D eigenvalue weighted by molar-refractivity contribution is 8.18. The van der Waals surface area contributed by atoms with Gasteiger partial charge in [0.05, 0.1) is 28.9 Å². The maximum atomic E-state index is 13.0. The number of carbonyl (C=O) groups excluding carboxylic acids is 1. The van der Waals surface area contributed by atoms with E-state index in [1.165, 1.54) is 41.6 Å². The van der Waals surface area contributed by atoms with Gasteiger partial charge >= 0.3 is 0 Å². The van der Waals surface area contributed by atoms with Crippen LogP contribution in [0, 0.1) is 10.1 Å². The lowest BCUT2D eigenvalue weighted by Crippen LogP contribution is -2.28. The number of hydrogen-bond donors (Lipinski definition) is 1. The van der Waals surface area contributed by atoms with Crippen LogP contribution in [0.1, 0.15) is 16.9 Å². The molecule has 0 bridgehead atoms. The lowest BCUT2D eigenvalue weighted by molar-refractivity contribution is -0.384. The van der Waals surface area contributed by atoms with Crippen LogP contribution < -0.4 is 0 Å². The van der Waals surface area contributed by atoms with Crippen LogP contribution in [-0.4, -0.2) is 32.2 Å². The fourth-order valence-corrected chi connectivity index (χ4v) is 3.76. The maximum Gasteiger partial charge on any atom is 0.269 e. The molecule has 0 radical (unpaired) electrons. The van der Waals surface area contributed by atoms with E-state index in [2.05, 4.69) is 10.2 Å². The lowest BCUT2D eigenvalue weighted by Gasteiger charge is -2.12. The number of carbonyl (C=O) groups is 1. The molecule has 2 aromatic carbocycles. The van der Waals surface area contributed by atoms with E-state index >= 15 is 0 Å². The number of amides is 1. The van der Waals surface area contributed by atoms with Crippen molar-refractivity contribution >= 4 is 40.8 Å². The summed E-state index contributed by atoms with van der Waals surface area (Å²) in [6.45, 7) is 0.185. The second-order valence-electron chi connectivity index (χ2n) is 6.65. The maximum absolute atomic E-state index is 13.0. The third kappa shape index (κ3) is 4.93. The first-order valence-corrected chi connectivity index (χ1v) is 10.2. The Morgan fingerprint density at radius 2 is 1.81 bits per heavy atom. The fourth-order valence-electron chi connectivity index (χ4n) is 2.83. The zero-order valence-electron chi connectivity index (χ0n) is 16.5. The summed E-state index contributed by atoms with van der Waals surface area (Å²) in [5, 5.41) is 28.9. The standard InChI is InChI=1S/C22H16N4O5S/c27-18-9-5-16(6-10-18)13-23-24-22-25(14-19-2-1-11-31-19)21(28)20(32-22)12-15-3-7-17(8-4-15)26(29)30/h1-13,27H,14H2/b20-12-,23-13-,24-22+. The summed E-state index contributed by atoms with van der Waals surface area (Å²) < 4.78 is 5.36. The van der Waals surface area contributed by atoms with Gasteiger partial charge in [-0.05, 0) is 77.5 Å². The Labute approximate surface area is 186 Å². The Kier molecular flexibility index (Phi) is 6.13. The normalized spacial score (nSPS) is 16.5. The largest absolute Gasteiger partial charge is 0.508 e. The van der Waals surface area contributed by atoms with Crippen LogP contribution in [0.3, 0.4) is 0 Å². The highest BCUT2D eigenvalue weighted by Crippen LogP contribution is 2.34. The number of nitro benzene ring substituents is 1. The summed E-state index contributed by atoms with van der Waals surface area (Å²) in [7, 11) is 0. The van der Waals surface area contributed by atoms with Gasteiger partial charge < -0.3 is 9.52 Å². The molecule has 32 heavy (non-hydrogen) atoms. The number of rotatable bonds is 6. The summed E-state index contributed by atoms with van der Waals surface area (Å²) in [5.74, 6) is 0.463. The summed E-state index contributed by atoms with van der Waals surface area (Å²) in [6, 6.07) is 15.9. The molecule has 0 aliphatic carbocycles. The molecule has 2 heterocycles. The number of amidine groups is 1. The van der Waals surface area contributed by atoms with E-state index in [9.17, 15) is 20.0 Å². The molecular formula is C22H16N4O5S. The number of nitrogens with zero attached hydrogens (tertiary/aromatic N) is 4. The first kappa shape index (κ1) is 21.1. The number of hydrogen-bond acceptors (Lipinski definition) is 8. The molecule has 10 heteroatoms. The molecule has 1 aliphatic rings. The molecule has 9 nitrogen and oxygen atoms in total. The zero-order valence-corrected chi connectivity index (χ0v) is 17.3. The molecule has 0 saturated carbocycles.